The van der Waals surface area contributed by atoms with Crippen molar-refractivity contribution in [2.75, 3.05) is 0 Å². The molecule has 1 aliphatic rings. The summed E-state index contributed by atoms with van der Waals surface area (Å²) >= 11 is 0. The lowest BCUT2D eigenvalue weighted by molar-refractivity contribution is -0.128. The monoisotopic (exact) mass is 152 g/mol. The molecule has 1 unspecified atom stereocenters. The van der Waals surface area contributed by atoms with Crippen molar-refractivity contribution in [3.63, 3.8) is 0 Å². The van der Waals surface area contributed by atoms with Gasteiger partial charge >= 0.3 is 0 Å². The normalized spacial score (nSPS) is 23.4. The highest BCUT2D eigenvalue weighted by molar-refractivity contribution is 5.76. The maximum Gasteiger partial charge on any atom is 0.225 e. The average Bonchev–Trinajstić information content (AvgIpc) is 1.85. The van der Waals surface area contributed by atoms with Crippen LogP contribution in [0.15, 0.2) is 23.9 Å². The highest BCUT2D eigenvalue weighted by Gasteiger charge is 2.17. The van der Waals surface area contributed by atoms with Gasteiger partial charge in [0, 0.05) is 12.6 Å². The molecule has 0 aromatic carbocycles. The Labute approximate surface area is 66.2 Å². The summed E-state index contributed by atoms with van der Waals surface area (Å²) in [6.07, 6.45) is 5.22. The van der Waals surface area contributed by atoms with Crippen molar-refractivity contribution in [2.24, 2.45) is 5.73 Å². The number of nitrogens with zero attached hydrogens (tertiary/aromatic N) is 1. The first-order chi connectivity index (χ1) is 5.13. The first kappa shape index (κ1) is 8.01. The minimum absolute atomic E-state index is 0.0180. The minimum Gasteiger partial charge on any atom is -0.308 e. The molecule has 0 aromatic heterocycles. The summed E-state index contributed by atoms with van der Waals surface area (Å²) < 4.78 is 0. The van der Waals surface area contributed by atoms with E-state index in [9.17, 15) is 4.79 Å². The van der Waals surface area contributed by atoms with Gasteiger partial charge in [0.25, 0.3) is 0 Å². The summed E-state index contributed by atoms with van der Waals surface area (Å²) in [6, 6.07) is 0. The van der Waals surface area contributed by atoms with Gasteiger partial charge < -0.3 is 5.73 Å². The van der Waals surface area contributed by atoms with Crippen LogP contribution in [0.4, 0.5) is 0 Å². The zero-order chi connectivity index (χ0) is 8.43. The van der Waals surface area contributed by atoms with Crippen LogP contribution < -0.4 is 5.73 Å². The van der Waals surface area contributed by atoms with Crippen LogP contribution in [0.25, 0.3) is 0 Å². The summed E-state index contributed by atoms with van der Waals surface area (Å²) in [5.41, 5.74) is 6.54. The zero-order valence-corrected chi connectivity index (χ0v) is 6.74. The van der Waals surface area contributed by atoms with Gasteiger partial charge in [-0.15, -0.1) is 0 Å². The van der Waals surface area contributed by atoms with Gasteiger partial charge in [0.15, 0.2) is 0 Å². The molecule has 1 atom stereocenters. The largest absolute Gasteiger partial charge is 0.308 e. The van der Waals surface area contributed by atoms with E-state index in [0.717, 1.165) is 5.70 Å². The second kappa shape index (κ2) is 2.88. The molecule has 60 valence electrons. The van der Waals surface area contributed by atoms with Crippen molar-refractivity contribution in [3.8, 4) is 0 Å². The van der Waals surface area contributed by atoms with E-state index in [1.54, 1.807) is 11.0 Å². The molecule has 1 aliphatic heterocycles. The number of nitrogens with two attached hydrogens (primary N) is 1. The van der Waals surface area contributed by atoms with Gasteiger partial charge in [-0.3, -0.25) is 9.69 Å². The molecule has 1 amide bonds. The average molecular weight is 152 g/mol. The summed E-state index contributed by atoms with van der Waals surface area (Å²) in [5.74, 6) is -0.0180. The Kier molecular flexibility index (Phi) is 2.10. The summed E-state index contributed by atoms with van der Waals surface area (Å²) in [4.78, 5) is 12.5. The third-order valence-corrected chi connectivity index (χ3v) is 1.66. The molecule has 0 spiro atoms. The second-order valence-electron chi connectivity index (χ2n) is 2.57. The van der Waals surface area contributed by atoms with Crippen molar-refractivity contribution in [2.45, 2.75) is 20.0 Å². The molecule has 0 saturated heterocycles. The van der Waals surface area contributed by atoms with Crippen molar-refractivity contribution in [1.29, 1.82) is 0 Å². The van der Waals surface area contributed by atoms with E-state index in [0.29, 0.717) is 0 Å². The molecule has 0 fully saturated rings. The maximum absolute atomic E-state index is 11.0. The topological polar surface area (TPSA) is 46.3 Å². The number of allylic oxidation sites excluding steroid dienone is 3. The van der Waals surface area contributed by atoms with Crippen LogP contribution in [0.2, 0.25) is 0 Å². The predicted molar refractivity (Wildman–Crippen MR) is 43.4 cm³/mol. The van der Waals surface area contributed by atoms with Crippen molar-refractivity contribution in [1.82, 2.24) is 4.90 Å². The Morgan fingerprint density at radius 2 is 2.36 bits per heavy atom. The Hall–Kier alpha value is -1.09. The maximum atomic E-state index is 11.0. The quantitative estimate of drug-likeness (QED) is 0.552. The van der Waals surface area contributed by atoms with Crippen LogP contribution in [0, 0.1) is 0 Å². The first-order valence-electron chi connectivity index (χ1n) is 3.53. The Bertz CT molecular complexity index is 230. The molecule has 3 heteroatoms. The van der Waals surface area contributed by atoms with Gasteiger partial charge in [0.05, 0.1) is 0 Å². The SMILES string of the molecule is CC(=O)N1C(C)=CC=CC1N. The fourth-order valence-electron chi connectivity index (χ4n) is 1.17. The van der Waals surface area contributed by atoms with E-state index in [4.69, 9.17) is 5.73 Å². The van der Waals surface area contributed by atoms with Crippen LogP contribution in [0.3, 0.4) is 0 Å². The molecule has 1 heterocycles. The highest BCUT2D eigenvalue weighted by atomic mass is 16.2. The van der Waals surface area contributed by atoms with Crippen molar-refractivity contribution in [3.05, 3.63) is 23.9 Å². The van der Waals surface area contributed by atoms with Crippen LogP contribution >= 0.6 is 0 Å². The number of amides is 1. The van der Waals surface area contributed by atoms with Crippen molar-refractivity contribution >= 4 is 5.91 Å². The van der Waals surface area contributed by atoms with Gasteiger partial charge in [-0.05, 0) is 19.1 Å². The van der Waals surface area contributed by atoms with Gasteiger partial charge in [-0.1, -0.05) is 6.08 Å². The van der Waals surface area contributed by atoms with Gasteiger partial charge in [0.2, 0.25) is 5.91 Å². The molecule has 0 radical (unpaired) electrons. The van der Waals surface area contributed by atoms with E-state index >= 15 is 0 Å². The lowest BCUT2D eigenvalue weighted by atomic mass is 10.2. The van der Waals surface area contributed by atoms with Crippen LogP contribution in [0.5, 0.6) is 0 Å². The molecule has 11 heavy (non-hydrogen) atoms. The molecule has 0 aliphatic carbocycles. The third-order valence-electron chi connectivity index (χ3n) is 1.66. The van der Waals surface area contributed by atoms with Gasteiger partial charge in [-0.25, -0.2) is 0 Å². The molecular weight excluding hydrogens is 140 g/mol. The number of hydrogen-bond donors (Lipinski definition) is 1. The summed E-state index contributed by atoms with van der Waals surface area (Å²) in [7, 11) is 0. The lowest BCUT2D eigenvalue weighted by Gasteiger charge is -2.28. The Morgan fingerprint density at radius 1 is 1.73 bits per heavy atom. The summed E-state index contributed by atoms with van der Waals surface area (Å²) in [5, 5.41) is 0. The van der Waals surface area contributed by atoms with Crippen LogP contribution in [-0.2, 0) is 4.79 Å². The second-order valence-corrected chi connectivity index (χ2v) is 2.57. The van der Waals surface area contributed by atoms with E-state index in [1.165, 1.54) is 6.92 Å². The van der Waals surface area contributed by atoms with E-state index in [2.05, 4.69) is 0 Å². The molecular formula is C8H12N2O. The molecule has 1 rings (SSSR count). The minimum atomic E-state index is -0.294. The fraction of sp³-hybridized carbons (Fsp3) is 0.375. The number of rotatable bonds is 0. The van der Waals surface area contributed by atoms with Gasteiger partial charge in [-0.2, -0.15) is 0 Å². The number of carbonyl (C=O) groups is 1. The lowest BCUT2D eigenvalue weighted by Crippen LogP contribution is -2.43. The molecule has 3 nitrogen and oxygen atoms in total. The zero-order valence-electron chi connectivity index (χ0n) is 6.74. The third kappa shape index (κ3) is 1.49. The number of hydrogen-bond acceptors (Lipinski definition) is 2. The molecule has 0 aromatic rings. The first-order valence-corrected chi connectivity index (χ1v) is 3.53. The fourth-order valence-corrected chi connectivity index (χ4v) is 1.17. The van der Waals surface area contributed by atoms with E-state index in [1.807, 2.05) is 19.1 Å². The summed E-state index contributed by atoms with van der Waals surface area (Å²) in [6.45, 7) is 3.38. The number of carbonyl (C=O) groups excluding carboxylic acids is 1. The molecule has 0 saturated carbocycles. The van der Waals surface area contributed by atoms with Crippen LogP contribution in [0.1, 0.15) is 13.8 Å². The molecule has 0 bridgehead atoms. The molecule has 2 N–H and O–H groups in total. The van der Waals surface area contributed by atoms with Crippen molar-refractivity contribution < 1.29 is 4.79 Å². The smallest absolute Gasteiger partial charge is 0.225 e. The highest BCUT2D eigenvalue weighted by Crippen LogP contribution is 2.11. The standard InChI is InChI=1S/C8H12N2O/c1-6-4-3-5-8(9)10(6)7(2)11/h3-5,8H,9H2,1-2H3. The van der Waals surface area contributed by atoms with Gasteiger partial charge in [0.1, 0.15) is 6.17 Å². The van der Waals surface area contributed by atoms with E-state index in [-0.39, 0.29) is 12.1 Å². The van der Waals surface area contributed by atoms with E-state index < -0.39 is 0 Å². The Balaban J connectivity index is 2.86. The predicted octanol–water partition coefficient (Wildman–Crippen LogP) is 0.593. The Morgan fingerprint density at radius 3 is 2.73 bits per heavy atom. The van der Waals surface area contributed by atoms with Crippen LogP contribution in [-0.4, -0.2) is 17.0 Å².